The quantitative estimate of drug-likeness (QED) is 0.794. The number of benzene rings is 1. The minimum atomic E-state index is -0.318. The first-order chi connectivity index (χ1) is 11.0. The van der Waals surface area contributed by atoms with E-state index in [0.29, 0.717) is 38.8 Å². The summed E-state index contributed by atoms with van der Waals surface area (Å²) in [4.78, 5) is 39.0. The summed E-state index contributed by atoms with van der Waals surface area (Å²) in [5.41, 5.74) is 0.781. The molecule has 1 aromatic carbocycles. The van der Waals surface area contributed by atoms with Gasteiger partial charge in [0.25, 0.3) is 0 Å². The summed E-state index contributed by atoms with van der Waals surface area (Å²) in [6.45, 7) is 1.09. The van der Waals surface area contributed by atoms with Gasteiger partial charge in [-0.2, -0.15) is 0 Å². The van der Waals surface area contributed by atoms with Crippen molar-refractivity contribution in [1.29, 1.82) is 0 Å². The van der Waals surface area contributed by atoms with E-state index in [1.54, 1.807) is 17.0 Å². The van der Waals surface area contributed by atoms with Crippen molar-refractivity contribution in [2.24, 2.45) is 0 Å². The highest BCUT2D eigenvalue weighted by Crippen LogP contribution is 2.23. The molecule has 0 radical (unpaired) electrons. The first-order valence-corrected chi connectivity index (χ1v) is 7.91. The molecule has 3 amide bonds. The van der Waals surface area contributed by atoms with Crippen molar-refractivity contribution < 1.29 is 18.8 Å². The van der Waals surface area contributed by atoms with Crippen LogP contribution in [-0.2, 0) is 20.8 Å². The number of hydrogen-bond donors (Lipinski definition) is 0. The Morgan fingerprint density at radius 2 is 1.61 bits per heavy atom. The van der Waals surface area contributed by atoms with Crippen LogP contribution >= 0.6 is 0 Å². The molecule has 1 aromatic rings. The molecule has 0 saturated carbocycles. The standard InChI is InChI=1S/C17H19FN2O3/c18-13-3-1-12(2-4-13)11-17(23)19-9-7-14(8-10-19)20-15(21)5-6-16(20)22/h1-4,14H,5-11H2. The number of rotatable bonds is 3. The second-order valence-electron chi connectivity index (χ2n) is 6.07. The molecule has 0 atom stereocenters. The van der Waals surface area contributed by atoms with Crippen LogP contribution in [0.15, 0.2) is 24.3 Å². The van der Waals surface area contributed by atoms with Crippen molar-refractivity contribution in [3.8, 4) is 0 Å². The lowest BCUT2D eigenvalue weighted by Crippen LogP contribution is -2.48. The molecule has 0 aliphatic carbocycles. The maximum absolute atomic E-state index is 12.9. The summed E-state index contributed by atoms with van der Waals surface area (Å²) >= 11 is 0. The van der Waals surface area contributed by atoms with Crippen LogP contribution < -0.4 is 0 Å². The van der Waals surface area contributed by atoms with Crippen LogP contribution in [0, 0.1) is 5.82 Å². The van der Waals surface area contributed by atoms with Gasteiger partial charge >= 0.3 is 0 Å². The van der Waals surface area contributed by atoms with E-state index < -0.39 is 0 Å². The van der Waals surface area contributed by atoms with Gasteiger partial charge in [0.2, 0.25) is 17.7 Å². The first-order valence-electron chi connectivity index (χ1n) is 7.91. The van der Waals surface area contributed by atoms with Crippen LogP contribution in [0.4, 0.5) is 4.39 Å². The fraction of sp³-hybridized carbons (Fsp3) is 0.471. The Balaban J connectivity index is 1.54. The average Bonchev–Trinajstić information content (AvgIpc) is 2.88. The molecule has 23 heavy (non-hydrogen) atoms. The lowest BCUT2D eigenvalue weighted by molar-refractivity contribution is -0.142. The van der Waals surface area contributed by atoms with Crippen molar-refractivity contribution in [3.05, 3.63) is 35.6 Å². The summed E-state index contributed by atoms with van der Waals surface area (Å²) in [6.07, 6.45) is 2.12. The third kappa shape index (κ3) is 3.41. The van der Waals surface area contributed by atoms with Crippen LogP contribution in [0.1, 0.15) is 31.2 Å². The molecule has 6 heteroatoms. The molecule has 3 rings (SSSR count). The monoisotopic (exact) mass is 318 g/mol. The largest absolute Gasteiger partial charge is 0.342 e. The number of nitrogens with zero attached hydrogens (tertiary/aromatic N) is 2. The topological polar surface area (TPSA) is 57.7 Å². The predicted octanol–water partition coefficient (Wildman–Crippen LogP) is 1.51. The number of halogens is 1. The molecule has 0 unspecified atom stereocenters. The van der Waals surface area contributed by atoms with Gasteiger partial charge in [-0.1, -0.05) is 12.1 Å². The molecule has 0 bridgehead atoms. The molecule has 0 spiro atoms. The minimum absolute atomic E-state index is 0.00543. The summed E-state index contributed by atoms with van der Waals surface area (Å²) in [5.74, 6) is -0.506. The van der Waals surface area contributed by atoms with Gasteiger partial charge in [-0.05, 0) is 30.5 Å². The van der Waals surface area contributed by atoms with Crippen molar-refractivity contribution in [1.82, 2.24) is 9.80 Å². The highest BCUT2D eigenvalue weighted by Gasteiger charge is 2.37. The van der Waals surface area contributed by atoms with Crippen LogP contribution in [0.2, 0.25) is 0 Å². The lowest BCUT2D eigenvalue weighted by atomic mass is 10.0. The van der Waals surface area contributed by atoms with Crippen molar-refractivity contribution in [3.63, 3.8) is 0 Å². The van der Waals surface area contributed by atoms with E-state index in [4.69, 9.17) is 0 Å². The lowest BCUT2D eigenvalue weighted by Gasteiger charge is -2.35. The summed E-state index contributed by atoms with van der Waals surface area (Å²) in [5, 5.41) is 0. The Bertz CT molecular complexity index is 605. The van der Waals surface area contributed by atoms with E-state index in [1.165, 1.54) is 17.0 Å². The maximum atomic E-state index is 12.9. The first kappa shape index (κ1) is 15.6. The molecule has 2 aliphatic heterocycles. The minimum Gasteiger partial charge on any atom is -0.342 e. The highest BCUT2D eigenvalue weighted by molar-refractivity contribution is 6.02. The van der Waals surface area contributed by atoms with Gasteiger partial charge in [0.05, 0.1) is 6.42 Å². The third-order valence-electron chi connectivity index (χ3n) is 4.54. The fourth-order valence-corrected chi connectivity index (χ4v) is 3.26. The van der Waals surface area contributed by atoms with Crippen molar-refractivity contribution >= 4 is 17.7 Å². The Morgan fingerprint density at radius 1 is 1.04 bits per heavy atom. The van der Waals surface area contributed by atoms with Gasteiger partial charge < -0.3 is 4.90 Å². The highest BCUT2D eigenvalue weighted by atomic mass is 19.1. The van der Waals surface area contributed by atoms with Crippen LogP contribution in [0.3, 0.4) is 0 Å². The van der Waals surface area contributed by atoms with Gasteiger partial charge in [0, 0.05) is 32.0 Å². The van der Waals surface area contributed by atoms with Crippen molar-refractivity contribution in [2.45, 2.75) is 38.1 Å². The average molecular weight is 318 g/mol. The zero-order valence-corrected chi connectivity index (χ0v) is 12.8. The van der Waals surface area contributed by atoms with E-state index in [0.717, 1.165) is 5.56 Å². The van der Waals surface area contributed by atoms with Crippen LogP contribution in [0.5, 0.6) is 0 Å². The second-order valence-corrected chi connectivity index (χ2v) is 6.07. The number of likely N-dealkylation sites (tertiary alicyclic amines) is 2. The molecule has 0 aromatic heterocycles. The molecular weight excluding hydrogens is 299 g/mol. The molecule has 122 valence electrons. The Morgan fingerprint density at radius 3 is 2.17 bits per heavy atom. The van der Waals surface area contributed by atoms with Gasteiger partial charge in [-0.3, -0.25) is 19.3 Å². The van der Waals surface area contributed by atoms with E-state index in [1.807, 2.05) is 0 Å². The molecule has 2 saturated heterocycles. The smallest absolute Gasteiger partial charge is 0.229 e. The predicted molar refractivity (Wildman–Crippen MR) is 80.8 cm³/mol. The molecule has 2 fully saturated rings. The molecule has 0 N–H and O–H groups in total. The zero-order chi connectivity index (χ0) is 16.4. The second kappa shape index (κ2) is 6.48. The number of amides is 3. The number of carbonyl (C=O) groups is 3. The SMILES string of the molecule is O=C(Cc1ccc(F)cc1)N1CCC(N2C(=O)CCC2=O)CC1. The number of piperidine rings is 1. The number of hydrogen-bond acceptors (Lipinski definition) is 3. The van der Waals surface area contributed by atoms with E-state index in [9.17, 15) is 18.8 Å². The Kier molecular flexibility index (Phi) is 4.41. The summed E-state index contributed by atoms with van der Waals surface area (Å²) in [6, 6.07) is 5.84. The number of imide groups is 1. The zero-order valence-electron chi connectivity index (χ0n) is 12.8. The third-order valence-corrected chi connectivity index (χ3v) is 4.54. The Labute approximate surface area is 134 Å². The summed E-state index contributed by atoms with van der Waals surface area (Å²) < 4.78 is 12.9. The molecular formula is C17H19FN2O3. The normalized spacial score (nSPS) is 19.5. The van der Waals surface area contributed by atoms with Crippen molar-refractivity contribution in [2.75, 3.05) is 13.1 Å². The van der Waals surface area contributed by atoms with Gasteiger partial charge in [-0.15, -0.1) is 0 Å². The van der Waals surface area contributed by atoms with E-state index >= 15 is 0 Å². The Hall–Kier alpha value is -2.24. The van der Waals surface area contributed by atoms with Gasteiger partial charge in [-0.25, -0.2) is 4.39 Å². The fourth-order valence-electron chi connectivity index (χ4n) is 3.26. The summed E-state index contributed by atoms with van der Waals surface area (Å²) in [7, 11) is 0. The van der Waals surface area contributed by atoms with Gasteiger partial charge in [0.1, 0.15) is 5.82 Å². The molecule has 2 aliphatic rings. The van der Waals surface area contributed by atoms with E-state index in [-0.39, 0.29) is 36.0 Å². The molecule has 5 nitrogen and oxygen atoms in total. The van der Waals surface area contributed by atoms with Crippen LogP contribution in [-0.4, -0.2) is 46.7 Å². The van der Waals surface area contributed by atoms with Crippen LogP contribution in [0.25, 0.3) is 0 Å². The number of carbonyl (C=O) groups excluding carboxylic acids is 3. The molecule has 2 heterocycles. The van der Waals surface area contributed by atoms with E-state index in [2.05, 4.69) is 0 Å². The van der Waals surface area contributed by atoms with Gasteiger partial charge in [0.15, 0.2) is 0 Å². The maximum Gasteiger partial charge on any atom is 0.229 e.